The van der Waals surface area contributed by atoms with Crippen LogP contribution in [0.4, 0.5) is 0 Å². The van der Waals surface area contributed by atoms with E-state index in [2.05, 4.69) is 21.7 Å². The van der Waals surface area contributed by atoms with Gasteiger partial charge < -0.3 is 9.52 Å². The van der Waals surface area contributed by atoms with Crippen LogP contribution in [0.1, 0.15) is 25.2 Å². The van der Waals surface area contributed by atoms with Gasteiger partial charge in [-0.2, -0.15) is 11.3 Å². The monoisotopic (exact) mass is 265 g/mol. The first kappa shape index (κ1) is 13.3. The van der Waals surface area contributed by atoms with Crippen LogP contribution in [0.25, 0.3) is 0 Å². The summed E-state index contributed by atoms with van der Waals surface area (Å²) in [5, 5.41) is 14.2. The molecule has 4 heteroatoms. The van der Waals surface area contributed by atoms with Crippen LogP contribution in [0.5, 0.6) is 0 Å². The van der Waals surface area contributed by atoms with E-state index in [1.807, 2.05) is 26.0 Å². The predicted octanol–water partition coefficient (Wildman–Crippen LogP) is 3.11. The van der Waals surface area contributed by atoms with Crippen molar-refractivity contribution >= 4 is 11.3 Å². The van der Waals surface area contributed by atoms with Crippen molar-refractivity contribution in [1.82, 2.24) is 4.90 Å². The maximum absolute atomic E-state index is 9.98. The second kappa shape index (κ2) is 5.69. The highest BCUT2D eigenvalue weighted by atomic mass is 32.1. The Labute approximate surface area is 112 Å². The Morgan fingerprint density at radius 3 is 2.72 bits per heavy atom. The summed E-state index contributed by atoms with van der Waals surface area (Å²) in [6.07, 6.45) is 1.68. The molecular formula is C14H19NO2S. The molecule has 0 bridgehead atoms. The zero-order chi connectivity index (χ0) is 13.0. The molecule has 2 heterocycles. The van der Waals surface area contributed by atoms with Crippen LogP contribution in [-0.4, -0.2) is 22.2 Å². The summed E-state index contributed by atoms with van der Waals surface area (Å²) in [7, 11) is 0. The summed E-state index contributed by atoms with van der Waals surface area (Å²) in [5.74, 6) is 0.925. The van der Waals surface area contributed by atoms with E-state index in [4.69, 9.17) is 4.42 Å². The Morgan fingerprint density at radius 1 is 1.33 bits per heavy atom. The standard InChI is InChI=1S/C14H19NO2S/c1-14(2,16)11-15(8-12-5-7-18-10-12)9-13-4-3-6-17-13/h3-7,10,16H,8-9,11H2,1-2H3. The summed E-state index contributed by atoms with van der Waals surface area (Å²) >= 11 is 1.69. The minimum Gasteiger partial charge on any atom is -0.468 e. The van der Waals surface area contributed by atoms with E-state index in [-0.39, 0.29) is 0 Å². The molecule has 2 aromatic heterocycles. The Bertz CT molecular complexity index is 406. The van der Waals surface area contributed by atoms with Crippen LogP contribution >= 0.6 is 11.3 Å². The molecule has 1 N–H and O–H groups in total. The molecule has 0 saturated carbocycles. The number of thiophene rings is 1. The van der Waals surface area contributed by atoms with Crippen molar-refractivity contribution < 1.29 is 9.52 Å². The average molecular weight is 265 g/mol. The minimum absolute atomic E-state index is 0.615. The van der Waals surface area contributed by atoms with Crippen LogP contribution in [-0.2, 0) is 13.1 Å². The van der Waals surface area contributed by atoms with Gasteiger partial charge in [0.15, 0.2) is 0 Å². The van der Waals surface area contributed by atoms with E-state index in [1.165, 1.54) is 5.56 Å². The van der Waals surface area contributed by atoms with Gasteiger partial charge in [-0.05, 0) is 48.4 Å². The second-order valence-corrected chi connectivity index (χ2v) is 5.95. The molecular weight excluding hydrogens is 246 g/mol. The highest BCUT2D eigenvalue weighted by molar-refractivity contribution is 7.07. The van der Waals surface area contributed by atoms with E-state index < -0.39 is 5.60 Å². The van der Waals surface area contributed by atoms with Gasteiger partial charge >= 0.3 is 0 Å². The number of hydrogen-bond donors (Lipinski definition) is 1. The van der Waals surface area contributed by atoms with Crippen molar-refractivity contribution in [3.8, 4) is 0 Å². The topological polar surface area (TPSA) is 36.6 Å². The summed E-state index contributed by atoms with van der Waals surface area (Å²) in [6, 6.07) is 5.97. The summed E-state index contributed by atoms with van der Waals surface area (Å²) < 4.78 is 5.38. The summed E-state index contributed by atoms with van der Waals surface area (Å²) in [6.45, 7) is 5.82. The van der Waals surface area contributed by atoms with E-state index >= 15 is 0 Å². The highest BCUT2D eigenvalue weighted by Gasteiger charge is 2.19. The van der Waals surface area contributed by atoms with Crippen molar-refractivity contribution in [3.05, 3.63) is 46.5 Å². The second-order valence-electron chi connectivity index (χ2n) is 5.17. The maximum atomic E-state index is 9.98. The Hall–Kier alpha value is -1.10. The molecule has 0 fully saturated rings. The van der Waals surface area contributed by atoms with Crippen LogP contribution in [0.2, 0.25) is 0 Å². The van der Waals surface area contributed by atoms with Gasteiger partial charge in [0.25, 0.3) is 0 Å². The fourth-order valence-corrected chi connectivity index (χ4v) is 2.64. The number of hydrogen-bond acceptors (Lipinski definition) is 4. The first-order valence-corrected chi connectivity index (χ1v) is 6.95. The molecule has 18 heavy (non-hydrogen) atoms. The van der Waals surface area contributed by atoms with Crippen LogP contribution in [0, 0.1) is 0 Å². The largest absolute Gasteiger partial charge is 0.468 e. The molecule has 98 valence electrons. The zero-order valence-electron chi connectivity index (χ0n) is 10.8. The van der Waals surface area contributed by atoms with Crippen molar-refractivity contribution in [2.75, 3.05) is 6.54 Å². The Balaban J connectivity index is 2.02. The average Bonchev–Trinajstić information content (AvgIpc) is 2.87. The van der Waals surface area contributed by atoms with Crippen molar-refractivity contribution in [2.45, 2.75) is 32.5 Å². The van der Waals surface area contributed by atoms with E-state index in [0.717, 1.165) is 12.3 Å². The lowest BCUT2D eigenvalue weighted by molar-refractivity contribution is 0.0286. The lowest BCUT2D eigenvalue weighted by Crippen LogP contribution is -2.37. The summed E-state index contributed by atoms with van der Waals surface area (Å²) in [4.78, 5) is 2.20. The third-order valence-electron chi connectivity index (χ3n) is 2.56. The fourth-order valence-electron chi connectivity index (χ4n) is 1.98. The van der Waals surface area contributed by atoms with Gasteiger partial charge in [-0.15, -0.1) is 0 Å². The molecule has 0 aromatic carbocycles. The molecule has 2 aromatic rings. The molecule has 0 spiro atoms. The van der Waals surface area contributed by atoms with Gasteiger partial charge in [-0.3, -0.25) is 4.90 Å². The van der Waals surface area contributed by atoms with Gasteiger partial charge in [0, 0.05) is 13.1 Å². The van der Waals surface area contributed by atoms with Gasteiger partial charge in [0.2, 0.25) is 0 Å². The fraction of sp³-hybridized carbons (Fsp3) is 0.429. The molecule has 0 aliphatic rings. The van der Waals surface area contributed by atoms with Gasteiger partial charge in [-0.25, -0.2) is 0 Å². The first-order valence-electron chi connectivity index (χ1n) is 6.01. The molecule has 2 rings (SSSR count). The highest BCUT2D eigenvalue weighted by Crippen LogP contribution is 2.16. The third kappa shape index (κ3) is 4.29. The molecule has 0 amide bonds. The number of nitrogens with zero attached hydrogens (tertiary/aromatic N) is 1. The van der Waals surface area contributed by atoms with E-state index in [1.54, 1.807) is 17.6 Å². The van der Waals surface area contributed by atoms with Crippen molar-refractivity contribution in [3.63, 3.8) is 0 Å². The molecule has 0 unspecified atom stereocenters. The minimum atomic E-state index is -0.706. The Kier molecular flexibility index (Phi) is 4.22. The zero-order valence-corrected chi connectivity index (χ0v) is 11.6. The quantitative estimate of drug-likeness (QED) is 0.872. The first-order chi connectivity index (χ1) is 8.53. The molecule has 0 radical (unpaired) electrons. The van der Waals surface area contributed by atoms with E-state index in [9.17, 15) is 5.11 Å². The van der Waals surface area contributed by atoms with Crippen molar-refractivity contribution in [1.29, 1.82) is 0 Å². The molecule has 3 nitrogen and oxygen atoms in total. The molecule has 0 aliphatic carbocycles. The third-order valence-corrected chi connectivity index (χ3v) is 3.29. The lowest BCUT2D eigenvalue weighted by Gasteiger charge is -2.28. The predicted molar refractivity (Wildman–Crippen MR) is 73.4 cm³/mol. The smallest absolute Gasteiger partial charge is 0.117 e. The van der Waals surface area contributed by atoms with Crippen molar-refractivity contribution in [2.24, 2.45) is 0 Å². The Morgan fingerprint density at radius 2 is 2.17 bits per heavy atom. The number of furan rings is 1. The van der Waals surface area contributed by atoms with Crippen LogP contribution < -0.4 is 0 Å². The molecule has 0 aliphatic heterocycles. The van der Waals surface area contributed by atoms with Gasteiger partial charge in [0.1, 0.15) is 5.76 Å². The van der Waals surface area contributed by atoms with Crippen LogP contribution in [0.15, 0.2) is 39.6 Å². The number of aliphatic hydroxyl groups is 1. The lowest BCUT2D eigenvalue weighted by atomic mass is 10.1. The van der Waals surface area contributed by atoms with Gasteiger partial charge in [0.05, 0.1) is 18.4 Å². The molecule has 0 atom stereocenters. The number of rotatable bonds is 6. The summed E-state index contributed by atoms with van der Waals surface area (Å²) in [5.41, 5.74) is 0.568. The van der Waals surface area contributed by atoms with Crippen LogP contribution in [0.3, 0.4) is 0 Å². The SMILES string of the molecule is CC(C)(O)CN(Cc1ccsc1)Cc1ccco1. The van der Waals surface area contributed by atoms with E-state index in [0.29, 0.717) is 13.1 Å². The van der Waals surface area contributed by atoms with Gasteiger partial charge in [-0.1, -0.05) is 0 Å². The maximum Gasteiger partial charge on any atom is 0.117 e. The molecule has 0 saturated heterocycles. The normalized spacial score (nSPS) is 12.2.